The Morgan fingerprint density at radius 1 is 1.30 bits per heavy atom. The van der Waals surface area contributed by atoms with Crippen molar-refractivity contribution in [2.75, 3.05) is 6.54 Å². The molecule has 0 radical (unpaired) electrons. The predicted octanol–water partition coefficient (Wildman–Crippen LogP) is 2.36. The third-order valence-corrected chi connectivity index (χ3v) is 3.89. The van der Waals surface area contributed by atoms with E-state index in [-0.39, 0.29) is 6.09 Å². The lowest BCUT2D eigenvalue weighted by Gasteiger charge is -2.21. The normalized spacial score (nSPS) is 24.1. The first kappa shape index (κ1) is 13.2. The van der Waals surface area contributed by atoms with Crippen LogP contribution in [0.3, 0.4) is 0 Å². The van der Waals surface area contributed by atoms with Crippen LogP contribution in [0, 0.1) is 0 Å². The van der Waals surface area contributed by atoms with E-state index in [2.05, 4.69) is 16.7 Å². The minimum atomic E-state index is -0.347. The molecular formula is C16H20N2O2. The Bertz CT molecular complexity index is 498. The fourth-order valence-electron chi connectivity index (χ4n) is 2.90. The lowest BCUT2D eigenvalue weighted by molar-refractivity contribution is 0.140. The highest BCUT2D eigenvalue weighted by atomic mass is 16.5. The largest absolute Gasteiger partial charge is 0.445 e. The van der Waals surface area contributed by atoms with Crippen LogP contribution in [0.15, 0.2) is 42.0 Å². The summed E-state index contributed by atoms with van der Waals surface area (Å²) < 4.78 is 5.20. The van der Waals surface area contributed by atoms with Gasteiger partial charge in [-0.2, -0.15) is 0 Å². The maximum absolute atomic E-state index is 11.7. The smallest absolute Gasteiger partial charge is 0.407 e. The van der Waals surface area contributed by atoms with Gasteiger partial charge >= 0.3 is 6.09 Å². The van der Waals surface area contributed by atoms with Crippen molar-refractivity contribution in [2.45, 2.75) is 38.0 Å². The average Bonchev–Trinajstić information content (AvgIpc) is 2.83. The van der Waals surface area contributed by atoms with Gasteiger partial charge in [0.2, 0.25) is 0 Å². The molecule has 1 saturated heterocycles. The number of ether oxygens (including phenoxy) is 1. The zero-order valence-corrected chi connectivity index (χ0v) is 11.5. The highest BCUT2D eigenvalue weighted by Crippen LogP contribution is 2.25. The molecule has 2 unspecified atom stereocenters. The van der Waals surface area contributed by atoms with Crippen LogP contribution >= 0.6 is 0 Å². The molecule has 2 aliphatic rings. The van der Waals surface area contributed by atoms with E-state index in [9.17, 15) is 4.79 Å². The summed E-state index contributed by atoms with van der Waals surface area (Å²) in [4.78, 5) is 11.7. The van der Waals surface area contributed by atoms with Crippen molar-refractivity contribution < 1.29 is 9.53 Å². The molecule has 4 nitrogen and oxygen atoms in total. The molecule has 20 heavy (non-hydrogen) atoms. The van der Waals surface area contributed by atoms with Crippen LogP contribution in [-0.2, 0) is 11.3 Å². The maximum atomic E-state index is 11.7. The van der Waals surface area contributed by atoms with E-state index in [1.807, 2.05) is 30.3 Å². The van der Waals surface area contributed by atoms with E-state index in [0.717, 1.165) is 12.0 Å². The Kier molecular flexibility index (Phi) is 4.02. The van der Waals surface area contributed by atoms with E-state index in [1.54, 1.807) is 0 Å². The van der Waals surface area contributed by atoms with E-state index < -0.39 is 0 Å². The van der Waals surface area contributed by atoms with Crippen molar-refractivity contribution in [2.24, 2.45) is 0 Å². The first-order valence-electron chi connectivity index (χ1n) is 7.20. The Hall–Kier alpha value is -1.81. The Morgan fingerprint density at radius 3 is 2.95 bits per heavy atom. The molecule has 1 aromatic rings. The minimum absolute atomic E-state index is 0.318. The molecule has 2 aliphatic heterocycles. The summed E-state index contributed by atoms with van der Waals surface area (Å²) in [6.07, 6.45) is 5.40. The van der Waals surface area contributed by atoms with Crippen LogP contribution in [0.4, 0.5) is 4.79 Å². The molecule has 1 fully saturated rings. The second-order valence-electron chi connectivity index (χ2n) is 5.49. The Morgan fingerprint density at radius 2 is 2.15 bits per heavy atom. The first-order chi connectivity index (χ1) is 9.79. The molecule has 3 rings (SSSR count). The summed E-state index contributed by atoms with van der Waals surface area (Å²) >= 11 is 0. The quantitative estimate of drug-likeness (QED) is 0.827. The molecular weight excluding hydrogens is 252 g/mol. The minimum Gasteiger partial charge on any atom is -0.445 e. The number of alkyl carbamates (subject to hydrolysis) is 1. The molecule has 0 saturated carbocycles. The molecule has 0 spiro atoms. The third-order valence-electron chi connectivity index (χ3n) is 3.89. The summed E-state index contributed by atoms with van der Waals surface area (Å²) in [5.41, 5.74) is 2.31. The van der Waals surface area contributed by atoms with Crippen LogP contribution < -0.4 is 10.6 Å². The third kappa shape index (κ3) is 3.39. The number of carbonyl (C=O) groups excluding carboxylic acids is 1. The Balaban J connectivity index is 1.41. The molecule has 2 atom stereocenters. The molecule has 2 heterocycles. The van der Waals surface area contributed by atoms with Gasteiger partial charge in [0.25, 0.3) is 0 Å². The SMILES string of the molecule is O=C(NCC1=CC2CCC(C1)N2)OCc1ccccc1. The zero-order chi connectivity index (χ0) is 13.8. The molecule has 106 valence electrons. The average molecular weight is 272 g/mol. The standard InChI is InChI=1S/C16H20N2O2/c19-16(20-11-12-4-2-1-3-5-12)17-10-13-8-14-6-7-15(9-13)18-14/h1-5,8,14-15,18H,6-7,9-11H2,(H,17,19). The number of hydrogen-bond donors (Lipinski definition) is 2. The second-order valence-corrected chi connectivity index (χ2v) is 5.49. The van der Waals surface area contributed by atoms with Crippen LogP contribution in [0.5, 0.6) is 0 Å². The number of fused-ring (bicyclic) bond motifs is 2. The van der Waals surface area contributed by atoms with Crippen molar-refractivity contribution in [1.82, 2.24) is 10.6 Å². The molecule has 1 amide bonds. The van der Waals surface area contributed by atoms with Gasteiger partial charge in [-0.15, -0.1) is 0 Å². The molecule has 1 aromatic carbocycles. The van der Waals surface area contributed by atoms with Crippen LogP contribution in [0.1, 0.15) is 24.8 Å². The van der Waals surface area contributed by atoms with Gasteiger partial charge in [-0.25, -0.2) is 4.79 Å². The van der Waals surface area contributed by atoms with E-state index in [0.29, 0.717) is 25.2 Å². The van der Waals surface area contributed by atoms with Crippen molar-refractivity contribution in [3.05, 3.63) is 47.5 Å². The van der Waals surface area contributed by atoms with Crippen molar-refractivity contribution in [1.29, 1.82) is 0 Å². The van der Waals surface area contributed by atoms with Crippen LogP contribution in [-0.4, -0.2) is 24.7 Å². The topological polar surface area (TPSA) is 50.4 Å². The predicted molar refractivity (Wildman–Crippen MR) is 77.3 cm³/mol. The summed E-state index contributed by atoms with van der Waals surface area (Å²) in [5.74, 6) is 0. The summed E-state index contributed by atoms with van der Waals surface area (Å²) in [6.45, 7) is 0.917. The first-order valence-corrected chi connectivity index (χ1v) is 7.20. The van der Waals surface area contributed by atoms with Gasteiger partial charge < -0.3 is 15.4 Å². The van der Waals surface area contributed by atoms with Gasteiger partial charge in [-0.05, 0) is 24.8 Å². The van der Waals surface area contributed by atoms with Crippen molar-refractivity contribution in [3.8, 4) is 0 Å². The molecule has 2 N–H and O–H groups in total. The van der Waals surface area contributed by atoms with Gasteiger partial charge in [-0.3, -0.25) is 0 Å². The second kappa shape index (κ2) is 6.09. The van der Waals surface area contributed by atoms with Gasteiger partial charge in [0.1, 0.15) is 6.61 Å². The lowest BCUT2D eigenvalue weighted by Crippen LogP contribution is -2.35. The summed E-state index contributed by atoms with van der Waals surface area (Å²) in [6, 6.07) is 10.8. The molecule has 2 bridgehead atoms. The zero-order valence-electron chi connectivity index (χ0n) is 11.5. The number of nitrogens with one attached hydrogen (secondary N) is 2. The van der Waals surface area contributed by atoms with E-state index in [4.69, 9.17) is 4.74 Å². The number of amides is 1. The summed E-state index contributed by atoms with van der Waals surface area (Å²) in [5, 5.41) is 6.37. The van der Waals surface area contributed by atoms with E-state index in [1.165, 1.54) is 18.4 Å². The molecule has 0 aromatic heterocycles. The fourth-order valence-corrected chi connectivity index (χ4v) is 2.90. The van der Waals surface area contributed by atoms with Crippen molar-refractivity contribution in [3.63, 3.8) is 0 Å². The highest BCUT2D eigenvalue weighted by Gasteiger charge is 2.27. The summed E-state index contributed by atoms with van der Waals surface area (Å²) in [7, 11) is 0. The van der Waals surface area contributed by atoms with Crippen LogP contribution in [0.2, 0.25) is 0 Å². The molecule has 4 heteroatoms. The number of carbonyl (C=O) groups is 1. The molecule has 0 aliphatic carbocycles. The highest BCUT2D eigenvalue weighted by molar-refractivity contribution is 5.67. The Labute approximate surface area is 119 Å². The fraction of sp³-hybridized carbons (Fsp3) is 0.438. The maximum Gasteiger partial charge on any atom is 0.407 e. The lowest BCUT2D eigenvalue weighted by atomic mass is 10.0. The van der Waals surface area contributed by atoms with Gasteiger partial charge in [0.15, 0.2) is 0 Å². The number of hydrogen-bond acceptors (Lipinski definition) is 3. The number of rotatable bonds is 4. The van der Waals surface area contributed by atoms with Crippen LogP contribution in [0.25, 0.3) is 0 Å². The monoisotopic (exact) mass is 272 g/mol. The van der Waals surface area contributed by atoms with Gasteiger partial charge in [0, 0.05) is 18.6 Å². The van der Waals surface area contributed by atoms with Gasteiger partial charge in [-0.1, -0.05) is 42.0 Å². The number of benzene rings is 1. The van der Waals surface area contributed by atoms with Crippen molar-refractivity contribution >= 4 is 6.09 Å². The van der Waals surface area contributed by atoms with Gasteiger partial charge in [0.05, 0.1) is 0 Å². The van der Waals surface area contributed by atoms with E-state index >= 15 is 0 Å².